The van der Waals surface area contributed by atoms with Crippen LogP contribution in [0.4, 0.5) is 0 Å². The average molecular weight is 116 g/mol. The molecule has 0 aliphatic heterocycles. The van der Waals surface area contributed by atoms with Crippen LogP contribution >= 0.6 is 0 Å². The summed E-state index contributed by atoms with van der Waals surface area (Å²) in [7, 11) is 0. The molecular weight excluding hydrogens is 104 g/mol. The summed E-state index contributed by atoms with van der Waals surface area (Å²) in [6, 6.07) is 0. The summed E-state index contributed by atoms with van der Waals surface area (Å²) in [5.41, 5.74) is 0.713. The van der Waals surface area contributed by atoms with Crippen molar-refractivity contribution in [2.24, 2.45) is 0 Å². The molecule has 0 atom stereocenters. The summed E-state index contributed by atoms with van der Waals surface area (Å²) in [4.78, 5) is 0. The van der Waals surface area contributed by atoms with E-state index in [4.69, 9.17) is 10.2 Å². The molecule has 0 aliphatic carbocycles. The number of hydrogen-bond acceptors (Lipinski definition) is 2. The van der Waals surface area contributed by atoms with Crippen LogP contribution in [0.2, 0.25) is 0 Å². The minimum absolute atomic E-state index is 0.505. The van der Waals surface area contributed by atoms with E-state index < -0.39 is 5.95 Å². The third-order valence-electron chi connectivity index (χ3n) is 1.17. The quantitative estimate of drug-likeness (QED) is 0.542. The molecule has 2 heteroatoms. The fourth-order valence-electron chi connectivity index (χ4n) is 0.566. The Morgan fingerprint density at radius 3 is 1.50 bits per heavy atom. The lowest BCUT2D eigenvalue weighted by atomic mass is 10.2. The molecule has 0 fully saturated rings. The minimum Gasteiger partial charge on any atom is -0.481 e. The van der Waals surface area contributed by atoms with E-state index in [0.29, 0.717) is 5.57 Å². The predicted molar refractivity (Wildman–Crippen MR) is 32.9 cm³/mol. The van der Waals surface area contributed by atoms with Gasteiger partial charge in [-0.2, -0.15) is 0 Å². The zero-order chi connectivity index (χ0) is 6.57. The van der Waals surface area contributed by atoms with E-state index >= 15 is 0 Å². The normalized spacial score (nSPS) is 8.75. The van der Waals surface area contributed by atoms with Crippen LogP contribution in [0.5, 0.6) is 0 Å². The topological polar surface area (TPSA) is 40.5 Å². The van der Waals surface area contributed by atoms with Crippen LogP contribution in [0, 0.1) is 0 Å². The molecule has 2 N–H and O–H groups in total. The van der Waals surface area contributed by atoms with E-state index in [9.17, 15) is 0 Å². The van der Waals surface area contributed by atoms with Gasteiger partial charge in [-0.05, 0) is 12.8 Å². The Labute approximate surface area is 49.5 Å². The van der Waals surface area contributed by atoms with E-state index in [0.717, 1.165) is 12.8 Å². The van der Waals surface area contributed by atoms with Crippen molar-refractivity contribution in [3.8, 4) is 0 Å². The summed E-state index contributed by atoms with van der Waals surface area (Å²) < 4.78 is 0. The molecule has 0 rings (SSSR count). The molecule has 0 aromatic carbocycles. The van der Waals surface area contributed by atoms with Gasteiger partial charge in [-0.3, -0.25) is 0 Å². The van der Waals surface area contributed by atoms with Crippen molar-refractivity contribution in [3.63, 3.8) is 0 Å². The molecule has 0 saturated heterocycles. The lowest BCUT2D eigenvalue weighted by molar-refractivity contribution is 0.182. The highest BCUT2D eigenvalue weighted by Gasteiger charge is 1.95. The monoisotopic (exact) mass is 116 g/mol. The van der Waals surface area contributed by atoms with Crippen LogP contribution < -0.4 is 0 Å². The smallest absolute Gasteiger partial charge is 0.273 e. The molecule has 0 bridgehead atoms. The number of aliphatic hydroxyl groups excluding tert-OH is 1. The standard InChI is InChI=1S/C6H12O2/c1-3-5(4-2)6(7)8/h7-8H,3-4H2,1-2H3. The summed E-state index contributed by atoms with van der Waals surface area (Å²) in [5.74, 6) is -0.505. The van der Waals surface area contributed by atoms with Gasteiger partial charge in [-0.1, -0.05) is 13.8 Å². The Morgan fingerprint density at radius 1 is 1.12 bits per heavy atom. The Morgan fingerprint density at radius 2 is 1.50 bits per heavy atom. The molecule has 0 aliphatic rings. The summed E-state index contributed by atoms with van der Waals surface area (Å²) in [5, 5.41) is 16.9. The van der Waals surface area contributed by atoms with Gasteiger partial charge < -0.3 is 10.2 Å². The Kier molecular flexibility index (Phi) is 3.08. The molecule has 8 heavy (non-hydrogen) atoms. The molecule has 0 heterocycles. The first-order valence-electron chi connectivity index (χ1n) is 2.82. The van der Waals surface area contributed by atoms with Gasteiger partial charge in [0, 0.05) is 5.57 Å². The van der Waals surface area contributed by atoms with Crippen molar-refractivity contribution >= 4 is 0 Å². The highest BCUT2D eigenvalue weighted by atomic mass is 16.5. The molecule has 0 saturated carbocycles. The molecule has 0 unspecified atom stereocenters. The zero-order valence-electron chi connectivity index (χ0n) is 5.31. The zero-order valence-corrected chi connectivity index (χ0v) is 5.31. The van der Waals surface area contributed by atoms with Gasteiger partial charge >= 0.3 is 0 Å². The molecule has 0 aromatic heterocycles. The maximum atomic E-state index is 8.45. The van der Waals surface area contributed by atoms with Crippen molar-refractivity contribution in [1.29, 1.82) is 0 Å². The van der Waals surface area contributed by atoms with E-state index in [1.54, 1.807) is 0 Å². The molecular formula is C6H12O2. The SMILES string of the molecule is CCC(CC)=C(O)O. The second kappa shape index (κ2) is 3.36. The third-order valence-corrected chi connectivity index (χ3v) is 1.17. The van der Waals surface area contributed by atoms with Crippen molar-refractivity contribution in [2.45, 2.75) is 26.7 Å². The van der Waals surface area contributed by atoms with Crippen molar-refractivity contribution in [3.05, 3.63) is 11.5 Å². The molecule has 2 nitrogen and oxygen atoms in total. The minimum atomic E-state index is -0.505. The van der Waals surface area contributed by atoms with E-state index in [1.165, 1.54) is 0 Å². The molecule has 0 aromatic rings. The predicted octanol–water partition coefficient (Wildman–Crippen LogP) is 2.13. The van der Waals surface area contributed by atoms with E-state index in [-0.39, 0.29) is 0 Å². The van der Waals surface area contributed by atoms with Gasteiger partial charge in [0.25, 0.3) is 5.95 Å². The van der Waals surface area contributed by atoms with E-state index in [1.807, 2.05) is 13.8 Å². The second-order valence-electron chi connectivity index (χ2n) is 1.63. The Hall–Kier alpha value is -0.660. The fraction of sp³-hybridized carbons (Fsp3) is 0.667. The number of hydrogen-bond donors (Lipinski definition) is 2. The third kappa shape index (κ3) is 1.87. The van der Waals surface area contributed by atoms with Gasteiger partial charge in [0.15, 0.2) is 0 Å². The van der Waals surface area contributed by atoms with Crippen LogP contribution in [0.15, 0.2) is 11.5 Å². The van der Waals surface area contributed by atoms with Crippen LogP contribution in [0.3, 0.4) is 0 Å². The van der Waals surface area contributed by atoms with Gasteiger partial charge in [0.1, 0.15) is 0 Å². The molecule has 0 radical (unpaired) electrons. The maximum Gasteiger partial charge on any atom is 0.273 e. The first kappa shape index (κ1) is 7.34. The van der Waals surface area contributed by atoms with Gasteiger partial charge in [0.2, 0.25) is 0 Å². The fourth-order valence-corrected chi connectivity index (χ4v) is 0.566. The van der Waals surface area contributed by atoms with Crippen LogP contribution in [0.1, 0.15) is 26.7 Å². The average Bonchev–Trinajstić information content (AvgIpc) is 1.69. The second-order valence-corrected chi connectivity index (χ2v) is 1.63. The van der Waals surface area contributed by atoms with Gasteiger partial charge in [-0.25, -0.2) is 0 Å². The van der Waals surface area contributed by atoms with Crippen molar-refractivity contribution < 1.29 is 10.2 Å². The molecule has 0 amide bonds. The van der Waals surface area contributed by atoms with Crippen LogP contribution in [0.25, 0.3) is 0 Å². The summed E-state index contributed by atoms with van der Waals surface area (Å²) in [6.07, 6.45) is 1.44. The highest BCUT2D eigenvalue weighted by Crippen LogP contribution is 2.07. The number of allylic oxidation sites excluding steroid dienone is 1. The summed E-state index contributed by atoms with van der Waals surface area (Å²) in [6.45, 7) is 3.79. The largest absolute Gasteiger partial charge is 0.481 e. The summed E-state index contributed by atoms with van der Waals surface area (Å²) >= 11 is 0. The van der Waals surface area contributed by atoms with E-state index in [2.05, 4.69) is 0 Å². The lowest BCUT2D eigenvalue weighted by Crippen LogP contribution is -1.86. The molecule has 48 valence electrons. The Balaban J connectivity index is 3.86. The lowest BCUT2D eigenvalue weighted by Gasteiger charge is -1.96. The number of rotatable bonds is 2. The maximum absolute atomic E-state index is 8.45. The van der Waals surface area contributed by atoms with Crippen molar-refractivity contribution in [2.75, 3.05) is 0 Å². The number of aliphatic hydroxyl groups is 2. The van der Waals surface area contributed by atoms with Gasteiger partial charge in [-0.15, -0.1) is 0 Å². The van der Waals surface area contributed by atoms with Gasteiger partial charge in [0.05, 0.1) is 0 Å². The first-order valence-corrected chi connectivity index (χ1v) is 2.82. The first-order chi connectivity index (χ1) is 3.72. The Bertz CT molecular complexity index is 84.7. The van der Waals surface area contributed by atoms with Crippen molar-refractivity contribution in [1.82, 2.24) is 0 Å². The molecule has 0 spiro atoms. The highest BCUT2D eigenvalue weighted by molar-refractivity contribution is 4.98. The van der Waals surface area contributed by atoms with Crippen LogP contribution in [-0.2, 0) is 0 Å². The van der Waals surface area contributed by atoms with Crippen LogP contribution in [-0.4, -0.2) is 10.2 Å².